The number of nitrogens with zero attached hydrogens (tertiary/aromatic N) is 1. The maximum atomic E-state index is 4.96. The molecule has 0 N–H and O–H groups in total. The van der Waals surface area contributed by atoms with Crippen molar-refractivity contribution in [1.82, 2.24) is 0 Å². The summed E-state index contributed by atoms with van der Waals surface area (Å²) in [7, 11) is 0. The normalized spacial score (nSPS) is 16.6. The molecule has 0 radical (unpaired) electrons. The van der Waals surface area contributed by atoms with Gasteiger partial charge in [-0.3, -0.25) is 4.99 Å². The molecule has 28 heavy (non-hydrogen) atoms. The summed E-state index contributed by atoms with van der Waals surface area (Å²) < 4.78 is 0. The van der Waals surface area contributed by atoms with Crippen LogP contribution in [0.25, 0.3) is 11.6 Å². The van der Waals surface area contributed by atoms with E-state index in [0.717, 1.165) is 5.71 Å². The lowest BCUT2D eigenvalue weighted by Crippen LogP contribution is -2.15. The fraction of sp³-hybridized carbons (Fsp3) is 0.222. The highest BCUT2D eigenvalue weighted by molar-refractivity contribution is 6.03. The van der Waals surface area contributed by atoms with Crippen LogP contribution in [0.15, 0.2) is 83.9 Å². The van der Waals surface area contributed by atoms with Crippen LogP contribution in [0, 0.1) is 0 Å². The van der Waals surface area contributed by atoms with Gasteiger partial charge < -0.3 is 0 Å². The highest BCUT2D eigenvalue weighted by atomic mass is 14.8. The van der Waals surface area contributed by atoms with Gasteiger partial charge >= 0.3 is 0 Å². The van der Waals surface area contributed by atoms with Gasteiger partial charge in [-0.15, -0.1) is 0 Å². The molecule has 4 rings (SSSR count). The van der Waals surface area contributed by atoms with Crippen molar-refractivity contribution in [1.29, 1.82) is 0 Å². The maximum absolute atomic E-state index is 4.96. The summed E-state index contributed by atoms with van der Waals surface area (Å²) in [5, 5.41) is 0. The zero-order valence-corrected chi connectivity index (χ0v) is 17.1. The minimum atomic E-state index is -0.0944. The third-order valence-corrected chi connectivity index (χ3v) is 5.20. The molecule has 0 heterocycles. The van der Waals surface area contributed by atoms with Gasteiger partial charge in [0.05, 0.1) is 5.54 Å². The summed E-state index contributed by atoms with van der Waals surface area (Å²) in [4.78, 5) is 4.96. The van der Waals surface area contributed by atoms with Gasteiger partial charge in [0, 0.05) is 11.6 Å². The largest absolute Gasteiger partial charge is 0.284 e. The zero-order chi connectivity index (χ0) is 19.7. The first-order valence-corrected chi connectivity index (χ1v) is 9.96. The molecule has 0 spiro atoms. The lowest BCUT2D eigenvalue weighted by Gasteiger charge is -2.22. The van der Waals surface area contributed by atoms with Crippen molar-refractivity contribution < 1.29 is 0 Å². The van der Waals surface area contributed by atoms with E-state index in [1.54, 1.807) is 0 Å². The predicted octanol–water partition coefficient (Wildman–Crippen LogP) is 6.98. The van der Waals surface area contributed by atoms with Gasteiger partial charge in [0.2, 0.25) is 0 Å². The Morgan fingerprint density at radius 1 is 0.750 bits per heavy atom. The summed E-state index contributed by atoms with van der Waals surface area (Å²) >= 11 is 0. The summed E-state index contributed by atoms with van der Waals surface area (Å²) in [6.45, 7) is 8.59. The molecule has 1 nitrogen and oxygen atoms in total. The van der Waals surface area contributed by atoms with Crippen LogP contribution in [0.5, 0.6) is 0 Å². The van der Waals surface area contributed by atoms with Crippen LogP contribution in [0.3, 0.4) is 0 Å². The number of hydrogen-bond acceptors (Lipinski definition) is 1. The molecule has 0 fully saturated rings. The van der Waals surface area contributed by atoms with E-state index in [4.69, 9.17) is 4.99 Å². The second-order valence-electron chi connectivity index (χ2n) is 8.48. The van der Waals surface area contributed by atoms with Crippen molar-refractivity contribution in [2.24, 2.45) is 4.99 Å². The van der Waals surface area contributed by atoms with E-state index in [9.17, 15) is 0 Å². The smallest absolute Gasteiger partial charge is 0.0527 e. The van der Waals surface area contributed by atoms with Crippen LogP contribution in [-0.4, -0.2) is 11.3 Å². The Morgan fingerprint density at radius 2 is 1.36 bits per heavy atom. The number of hydrogen-bond donors (Lipinski definition) is 0. The number of benzene rings is 3. The number of rotatable bonds is 3. The summed E-state index contributed by atoms with van der Waals surface area (Å²) in [6.07, 6.45) is 2.35. The molecule has 1 unspecified atom stereocenters. The van der Waals surface area contributed by atoms with E-state index >= 15 is 0 Å². The van der Waals surface area contributed by atoms with Crippen LogP contribution in [0.4, 0.5) is 0 Å². The Kier molecular flexibility index (Phi) is 4.77. The molecule has 0 saturated carbocycles. The second-order valence-corrected chi connectivity index (χ2v) is 8.48. The number of aliphatic imine (C=N–C) groups is 1. The quantitative estimate of drug-likeness (QED) is 0.444. The van der Waals surface area contributed by atoms with Crippen molar-refractivity contribution in [3.8, 4) is 0 Å². The van der Waals surface area contributed by atoms with E-state index in [1.165, 1.54) is 33.4 Å². The summed E-state index contributed by atoms with van der Waals surface area (Å²) in [5.41, 5.74) is 8.89. The van der Waals surface area contributed by atoms with Gasteiger partial charge in [-0.1, -0.05) is 78.9 Å². The Balaban J connectivity index is 1.90. The molecule has 1 aliphatic rings. The zero-order valence-electron chi connectivity index (χ0n) is 17.1. The first-order valence-electron chi connectivity index (χ1n) is 9.96. The van der Waals surface area contributed by atoms with Crippen LogP contribution < -0.4 is 0 Å². The second kappa shape index (κ2) is 7.24. The molecule has 140 valence electrons. The average molecular weight is 366 g/mol. The van der Waals surface area contributed by atoms with Gasteiger partial charge in [0.1, 0.15) is 0 Å². The van der Waals surface area contributed by atoms with Gasteiger partial charge in [-0.25, -0.2) is 0 Å². The summed E-state index contributed by atoms with van der Waals surface area (Å²) in [5.74, 6) is 0.222. The molecule has 1 atom stereocenters. The molecule has 3 aromatic rings. The van der Waals surface area contributed by atoms with Crippen molar-refractivity contribution >= 4 is 17.4 Å². The molecule has 0 bridgehead atoms. The van der Waals surface area contributed by atoms with Crippen LogP contribution >= 0.6 is 0 Å². The minimum absolute atomic E-state index is 0.0944. The van der Waals surface area contributed by atoms with Crippen LogP contribution in [0.1, 0.15) is 61.4 Å². The predicted molar refractivity (Wildman–Crippen MR) is 121 cm³/mol. The Hall–Kier alpha value is -2.93. The van der Waals surface area contributed by atoms with Crippen molar-refractivity contribution in [3.05, 3.63) is 107 Å². The van der Waals surface area contributed by atoms with Crippen LogP contribution in [0.2, 0.25) is 0 Å². The highest BCUT2D eigenvalue weighted by Crippen LogP contribution is 2.46. The molecule has 1 heteroatoms. The molecular formula is C27H27N. The Morgan fingerprint density at radius 3 is 2.07 bits per heavy atom. The number of allylic oxidation sites excluding steroid dienone is 1. The molecule has 0 aromatic heterocycles. The molecule has 1 aliphatic carbocycles. The van der Waals surface area contributed by atoms with Crippen molar-refractivity contribution in [3.63, 3.8) is 0 Å². The fourth-order valence-electron chi connectivity index (χ4n) is 4.18. The molecule has 0 aliphatic heterocycles. The SMILES string of the molecule is CC(=NC(C)(C)C)c1ccccc1C1C(c2ccccc2)=Cc2ccccc21. The van der Waals surface area contributed by atoms with Gasteiger partial charge in [-0.2, -0.15) is 0 Å². The van der Waals surface area contributed by atoms with Gasteiger partial charge in [0.25, 0.3) is 0 Å². The highest BCUT2D eigenvalue weighted by Gasteiger charge is 2.29. The molecule has 3 aromatic carbocycles. The Bertz CT molecular complexity index is 1050. The van der Waals surface area contributed by atoms with E-state index in [2.05, 4.69) is 113 Å². The van der Waals surface area contributed by atoms with E-state index in [0.29, 0.717) is 0 Å². The maximum Gasteiger partial charge on any atom is 0.0527 e. The standard InChI is InChI=1S/C27H27N/c1-19(28-27(2,3)4)22-15-10-11-17-24(22)26-23-16-9-8-14-21(23)18-25(26)20-12-6-5-7-13-20/h5-18,26H,1-4H3. The Labute approximate surface area is 168 Å². The van der Waals surface area contributed by atoms with Crippen molar-refractivity contribution in [2.75, 3.05) is 0 Å². The monoisotopic (exact) mass is 365 g/mol. The van der Waals surface area contributed by atoms with E-state index < -0.39 is 0 Å². The van der Waals surface area contributed by atoms with Crippen LogP contribution in [-0.2, 0) is 0 Å². The van der Waals surface area contributed by atoms with E-state index in [1.807, 2.05) is 0 Å². The molecule has 0 saturated heterocycles. The van der Waals surface area contributed by atoms with E-state index in [-0.39, 0.29) is 11.5 Å². The first-order chi connectivity index (χ1) is 13.4. The fourth-order valence-corrected chi connectivity index (χ4v) is 4.18. The topological polar surface area (TPSA) is 12.4 Å². The van der Waals surface area contributed by atoms with Crippen molar-refractivity contribution in [2.45, 2.75) is 39.2 Å². The molecular weight excluding hydrogens is 338 g/mol. The third kappa shape index (κ3) is 3.57. The summed E-state index contributed by atoms with van der Waals surface area (Å²) in [6, 6.07) is 28.2. The van der Waals surface area contributed by atoms with Gasteiger partial charge in [0.15, 0.2) is 0 Å². The van der Waals surface area contributed by atoms with Gasteiger partial charge in [-0.05, 0) is 67.2 Å². The third-order valence-electron chi connectivity index (χ3n) is 5.20. The minimum Gasteiger partial charge on any atom is -0.284 e. The lowest BCUT2D eigenvalue weighted by molar-refractivity contribution is 0.584. The first kappa shape index (κ1) is 18.4. The average Bonchev–Trinajstić information content (AvgIpc) is 3.07. The number of fused-ring (bicyclic) bond motifs is 1. The molecule has 0 amide bonds. The lowest BCUT2D eigenvalue weighted by atomic mass is 9.82.